The number of benzene rings is 1. The zero-order valence-electron chi connectivity index (χ0n) is 11.5. The molecule has 22 heavy (non-hydrogen) atoms. The second-order valence-corrected chi connectivity index (χ2v) is 7.15. The van der Waals surface area contributed by atoms with Crippen LogP contribution >= 0.6 is 27.7 Å². The molecular formula is C14H14BrFN2O3S. The Morgan fingerprint density at radius 3 is 3.18 bits per heavy atom. The predicted octanol–water partition coefficient (Wildman–Crippen LogP) is 3.19. The fourth-order valence-corrected chi connectivity index (χ4v) is 4.40. The van der Waals surface area contributed by atoms with Crippen LogP contribution in [0.5, 0.6) is 0 Å². The van der Waals surface area contributed by atoms with E-state index in [1.807, 2.05) is 0 Å². The molecule has 0 radical (unpaired) electrons. The van der Waals surface area contributed by atoms with Crippen molar-refractivity contribution in [1.29, 1.82) is 0 Å². The lowest BCUT2D eigenvalue weighted by atomic mass is 9.75. The molecule has 1 fully saturated rings. The van der Waals surface area contributed by atoms with Gasteiger partial charge in [-0.05, 0) is 18.2 Å². The van der Waals surface area contributed by atoms with Crippen LogP contribution < -0.4 is 5.32 Å². The zero-order chi connectivity index (χ0) is 15.7. The molecule has 2 aliphatic rings. The predicted molar refractivity (Wildman–Crippen MR) is 85.8 cm³/mol. The van der Waals surface area contributed by atoms with Crippen molar-refractivity contribution in [1.82, 2.24) is 5.32 Å². The first-order valence-corrected chi connectivity index (χ1v) is 8.55. The van der Waals surface area contributed by atoms with E-state index >= 15 is 0 Å². The van der Waals surface area contributed by atoms with Gasteiger partial charge in [-0.1, -0.05) is 27.7 Å². The summed E-state index contributed by atoms with van der Waals surface area (Å²) in [5.41, 5.74) is -0.296. The highest BCUT2D eigenvalue weighted by Crippen LogP contribution is 2.46. The maximum Gasteiger partial charge on any atom is 0.410 e. The average molecular weight is 389 g/mol. The Morgan fingerprint density at radius 1 is 1.59 bits per heavy atom. The van der Waals surface area contributed by atoms with Gasteiger partial charge in [-0.2, -0.15) is 0 Å². The van der Waals surface area contributed by atoms with Crippen LogP contribution in [-0.4, -0.2) is 35.3 Å². The molecule has 2 N–H and O–H groups in total. The van der Waals surface area contributed by atoms with Crippen LogP contribution in [0.4, 0.5) is 9.18 Å². The molecule has 2 atom stereocenters. The van der Waals surface area contributed by atoms with Crippen molar-refractivity contribution in [3.8, 4) is 0 Å². The minimum Gasteiger partial charge on any atom is -0.465 e. The summed E-state index contributed by atoms with van der Waals surface area (Å²) in [7, 11) is 0. The number of aliphatic imine (C=N–C) groups is 1. The fraction of sp³-hybridized carbons (Fsp3) is 0.429. The number of amidine groups is 1. The van der Waals surface area contributed by atoms with Crippen LogP contribution in [0.2, 0.25) is 0 Å². The summed E-state index contributed by atoms with van der Waals surface area (Å²) in [6, 6.07) is 4.77. The van der Waals surface area contributed by atoms with Crippen molar-refractivity contribution in [3.63, 3.8) is 0 Å². The van der Waals surface area contributed by atoms with Gasteiger partial charge in [0.25, 0.3) is 0 Å². The normalized spacial score (nSPS) is 27.7. The van der Waals surface area contributed by atoms with Crippen molar-refractivity contribution >= 4 is 39.0 Å². The lowest BCUT2D eigenvalue weighted by Crippen LogP contribution is -2.48. The first kappa shape index (κ1) is 15.8. The van der Waals surface area contributed by atoms with Gasteiger partial charge < -0.3 is 9.84 Å². The number of halogens is 2. The minimum atomic E-state index is -1.17. The number of nitrogens with zero attached hydrogens (tertiary/aromatic N) is 1. The third kappa shape index (κ3) is 2.87. The summed E-state index contributed by atoms with van der Waals surface area (Å²) in [5, 5.41) is 11.5. The molecule has 1 amide bonds. The molecule has 5 nitrogen and oxygen atoms in total. The summed E-state index contributed by atoms with van der Waals surface area (Å²) in [6.07, 6.45) is -0.641. The number of nitrogens with one attached hydrogen (secondary N) is 1. The number of amides is 1. The van der Waals surface area contributed by atoms with Crippen molar-refractivity contribution in [2.24, 2.45) is 10.9 Å². The topological polar surface area (TPSA) is 70.9 Å². The van der Waals surface area contributed by atoms with Crippen LogP contribution in [0.1, 0.15) is 12.0 Å². The van der Waals surface area contributed by atoms with Crippen LogP contribution in [-0.2, 0) is 10.3 Å². The molecular weight excluding hydrogens is 375 g/mol. The lowest BCUT2D eigenvalue weighted by molar-refractivity contribution is 0.00874. The molecule has 0 aromatic heterocycles. The molecule has 1 aromatic rings. The van der Waals surface area contributed by atoms with Crippen molar-refractivity contribution in [3.05, 3.63) is 34.1 Å². The lowest BCUT2D eigenvalue weighted by Gasteiger charge is -2.44. The van der Waals surface area contributed by atoms with Crippen LogP contribution in [0.25, 0.3) is 0 Å². The van der Waals surface area contributed by atoms with Gasteiger partial charge in [0.05, 0.1) is 12.1 Å². The summed E-state index contributed by atoms with van der Waals surface area (Å²) in [5.74, 6) is 0.306. The molecule has 0 spiro atoms. The highest BCUT2D eigenvalue weighted by Gasteiger charge is 2.47. The van der Waals surface area contributed by atoms with E-state index < -0.39 is 11.6 Å². The van der Waals surface area contributed by atoms with E-state index in [2.05, 4.69) is 26.2 Å². The SMILES string of the molecule is O=C(O)NC1=N[C@@]2(c3cc(Br)ccc3F)CCOCC2CS1. The quantitative estimate of drug-likeness (QED) is 0.774. The van der Waals surface area contributed by atoms with Crippen LogP contribution in [0, 0.1) is 11.7 Å². The van der Waals surface area contributed by atoms with Gasteiger partial charge in [-0.25, -0.2) is 9.18 Å². The van der Waals surface area contributed by atoms with Crippen molar-refractivity contribution < 1.29 is 19.0 Å². The standard InChI is InChI=1S/C14H14BrFN2O3S/c15-9-1-2-11(16)10(5-9)14-3-4-21-6-8(14)7-22-12(18-14)17-13(19)20/h1-2,5,8H,3-4,6-7H2,(H,17,18)(H,19,20)/t8?,14-/m0/s1. The maximum absolute atomic E-state index is 14.4. The Kier molecular flexibility index (Phi) is 4.42. The van der Waals surface area contributed by atoms with E-state index in [0.29, 0.717) is 36.1 Å². The Balaban J connectivity index is 2.10. The van der Waals surface area contributed by atoms with Gasteiger partial charge in [-0.15, -0.1) is 0 Å². The molecule has 118 valence electrons. The van der Waals surface area contributed by atoms with Gasteiger partial charge in [0.1, 0.15) is 5.82 Å². The third-order valence-corrected chi connectivity index (χ3v) is 5.48. The molecule has 1 unspecified atom stereocenters. The van der Waals surface area contributed by atoms with Crippen LogP contribution in [0.3, 0.4) is 0 Å². The molecule has 1 aromatic carbocycles. The number of thioether (sulfide) groups is 1. The first-order valence-electron chi connectivity index (χ1n) is 6.77. The Morgan fingerprint density at radius 2 is 2.41 bits per heavy atom. The summed E-state index contributed by atoms with van der Waals surface area (Å²) in [6.45, 7) is 0.958. The zero-order valence-corrected chi connectivity index (χ0v) is 13.9. The minimum absolute atomic E-state index is 0.00870. The third-order valence-electron chi connectivity index (χ3n) is 3.95. The van der Waals surface area contributed by atoms with E-state index in [0.717, 1.165) is 4.47 Å². The first-order chi connectivity index (χ1) is 10.5. The number of carbonyl (C=O) groups is 1. The molecule has 2 aliphatic heterocycles. The van der Waals surface area contributed by atoms with Gasteiger partial charge in [-0.3, -0.25) is 10.3 Å². The summed E-state index contributed by atoms with van der Waals surface area (Å²) >= 11 is 4.69. The average Bonchev–Trinajstić information content (AvgIpc) is 2.48. The van der Waals surface area contributed by atoms with E-state index in [1.165, 1.54) is 17.8 Å². The number of hydrogen-bond acceptors (Lipinski definition) is 4. The van der Waals surface area contributed by atoms with Gasteiger partial charge in [0, 0.05) is 34.7 Å². The summed E-state index contributed by atoms with van der Waals surface area (Å²) < 4.78 is 20.7. The Hall–Kier alpha value is -1.12. The van der Waals surface area contributed by atoms with E-state index in [4.69, 9.17) is 9.84 Å². The van der Waals surface area contributed by atoms with E-state index in [1.54, 1.807) is 12.1 Å². The second kappa shape index (κ2) is 6.17. The van der Waals surface area contributed by atoms with Crippen LogP contribution in [0.15, 0.2) is 27.7 Å². The highest BCUT2D eigenvalue weighted by molar-refractivity contribution is 9.10. The number of ether oxygens (including phenoxy) is 1. The van der Waals surface area contributed by atoms with Crippen molar-refractivity contribution in [2.75, 3.05) is 19.0 Å². The fourth-order valence-electron chi connectivity index (χ4n) is 2.92. The molecule has 3 rings (SSSR count). The largest absolute Gasteiger partial charge is 0.465 e. The Bertz CT molecular complexity index is 643. The number of hydrogen-bond donors (Lipinski definition) is 2. The number of rotatable bonds is 1. The molecule has 0 saturated carbocycles. The second-order valence-electron chi connectivity index (χ2n) is 5.23. The summed E-state index contributed by atoms with van der Waals surface area (Å²) in [4.78, 5) is 15.5. The number of carboxylic acid groups (broad SMARTS) is 1. The highest BCUT2D eigenvalue weighted by atomic mass is 79.9. The maximum atomic E-state index is 14.4. The van der Waals surface area contributed by atoms with E-state index in [-0.39, 0.29) is 11.7 Å². The molecule has 0 aliphatic carbocycles. The monoisotopic (exact) mass is 388 g/mol. The van der Waals surface area contributed by atoms with E-state index in [9.17, 15) is 9.18 Å². The van der Waals surface area contributed by atoms with Crippen molar-refractivity contribution in [2.45, 2.75) is 12.0 Å². The molecule has 0 bridgehead atoms. The molecule has 1 saturated heterocycles. The van der Waals surface area contributed by atoms with Gasteiger partial charge in [0.15, 0.2) is 5.17 Å². The molecule has 8 heteroatoms. The number of fused-ring (bicyclic) bond motifs is 1. The smallest absolute Gasteiger partial charge is 0.410 e. The molecule has 2 heterocycles. The Labute approximate surface area is 139 Å². The van der Waals surface area contributed by atoms with Gasteiger partial charge >= 0.3 is 6.09 Å². The van der Waals surface area contributed by atoms with Gasteiger partial charge in [0.2, 0.25) is 0 Å².